The van der Waals surface area contributed by atoms with Crippen LogP contribution in [0.4, 0.5) is 0 Å². The molecule has 0 aliphatic carbocycles. The minimum Gasteiger partial charge on any atom is -0.456 e. The first-order valence-corrected chi connectivity index (χ1v) is 6.31. The van der Waals surface area contributed by atoms with Crippen molar-refractivity contribution >= 4 is 23.1 Å². The molecule has 1 aliphatic heterocycles. The minimum atomic E-state index is -0.363. The van der Waals surface area contributed by atoms with Gasteiger partial charge in [-0.25, -0.2) is 0 Å². The van der Waals surface area contributed by atoms with Gasteiger partial charge in [0.15, 0.2) is 5.76 Å². The fourth-order valence-corrected chi connectivity index (χ4v) is 1.99. The largest absolute Gasteiger partial charge is 0.456 e. The number of rotatable bonds is 3. The van der Waals surface area contributed by atoms with Gasteiger partial charge in [0.2, 0.25) is 0 Å². The number of hydrogen-bond acceptors (Lipinski definition) is 4. The Hall–Kier alpha value is -1.40. The van der Waals surface area contributed by atoms with E-state index in [0.29, 0.717) is 25.5 Å². The zero-order valence-electron chi connectivity index (χ0n) is 10.2. The quantitative estimate of drug-likeness (QED) is 0.827. The third kappa shape index (κ3) is 2.70. The SMILES string of the molecule is CCc1ccc(C(=O)N2CCOC(C(N)=S)C2)o1. The number of carbonyl (C=O) groups is 1. The molecule has 2 heterocycles. The van der Waals surface area contributed by atoms with Gasteiger partial charge in [-0.15, -0.1) is 0 Å². The van der Waals surface area contributed by atoms with Crippen LogP contribution in [0.5, 0.6) is 0 Å². The number of morpholine rings is 1. The Labute approximate surface area is 111 Å². The highest BCUT2D eigenvalue weighted by Crippen LogP contribution is 2.14. The van der Waals surface area contributed by atoms with Crippen molar-refractivity contribution in [3.05, 3.63) is 23.7 Å². The summed E-state index contributed by atoms with van der Waals surface area (Å²) in [7, 11) is 0. The second-order valence-corrected chi connectivity index (χ2v) is 4.60. The molecule has 18 heavy (non-hydrogen) atoms. The van der Waals surface area contributed by atoms with E-state index in [4.69, 9.17) is 27.1 Å². The van der Waals surface area contributed by atoms with Crippen molar-refractivity contribution in [2.24, 2.45) is 5.73 Å². The summed E-state index contributed by atoms with van der Waals surface area (Å²) in [6.45, 7) is 3.33. The molecule has 1 aromatic rings. The molecule has 2 N–H and O–H groups in total. The third-order valence-corrected chi connectivity index (χ3v) is 3.15. The summed E-state index contributed by atoms with van der Waals surface area (Å²) in [6.07, 6.45) is 0.407. The van der Waals surface area contributed by atoms with E-state index in [1.165, 1.54) is 0 Å². The predicted molar refractivity (Wildman–Crippen MR) is 70.5 cm³/mol. The highest BCUT2D eigenvalue weighted by Gasteiger charge is 2.27. The van der Waals surface area contributed by atoms with Crippen molar-refractivity contribution in [1.29, 1.82) is 0 Å². The molecule has 0 spiro atoms. The lowest BCUT2D eigenvalue weighted by molar-refractivity contribution is 0.00726. The number of nitrogens with zero attached hydrogens (tertiary/aromatic N) is 1. The molecule has 0 aromatic carbocycles. The summed E-state index contributed by atoms with van der Waals surface area (Å²) in [5.74, 6) is 1.02. The molecule has 1 aromatic heterocycles. The summed E-state index contributed by atoms with van der Waals surface area (Å²) in [4.78, 5) is 14.1. The van der Waals surface area contributed by atoms with Gasteiger partial charge in [0, 0.05) is 13.0 Å². The average Bonchev–Trinajstić information content (AvgIpc) is 2.86. The average molecular weight is 268 g/mol. The molecule has 1 fully saturated rings. The van der Waals surface area contributed by atoms with E-state index in [0.717, 1.165) is 12.2 Å². The summed E-state index contributed by atoms with van der Waals surface area (Å²) in [6, 6.07) is 3.52. The maximum atomic E-state index is 12.2. The highest BCUT2D eigenvalue weighted by atomic mass is 32.1. The summed E-state index contributed by atoms with van der Waals surface area (Å²) < 4.78 is 10.8. The van der Waals surface area contributed by atoms with E-state index in [9.17, 15) is 4.79 Å². The van der Waals surface area contributed by atoms with Crippen molar-refractivity contribution in [2.75, 3.05) is 19.7 Å². The molecular weight excluding hydrogens is 252 g/mol. The standard InChI is InChI=1S/C12H16N2O3S/c1-2-8-3-4-9(17-8)12(15)14-5-6-16-10(7-14)11(13)18/h3-4,10H,2,5-7H2,1H3,(H2,13,18). The first-order valence-electron chi connectivity index (χ1n) is 5.90. The van der Waals surface area contributed by atoms with E-state index in [1.807, 2.05) is 13.0 Å². The topological polar surface area (TPSA) is 68.7 Å². The Bertz CT molecular complexity index is 458. The number of carbonyl (C=O) groups excluding carboxylic acids is 1. The zero-order valence-corrected chi connectivity index (χ0v) is 11.0. The van der Waals surface area contributed by atoms with Crippen molar-refractivity contribution in [1.82, 2.24) is 4.90 Å². The summed E-state index contributed by atoms with van der Waals surface area (Å²) in [5, 5.41) is 0. The van der Waals surface area contributed by atoms with Gasteiger partial charge in [-0.2, -0.15) is 0 Å². The monoisotopic (exact) mass is 268 g/mol. The van der Waals surface area contributed by atoms with Crippen molar-refractivity contribution in [3.8, 4) is 0 Å². The van der Waals surface area contributed by atoms with Crippen LogP contribution < -0.4 is 5.73 Å². The first-order chi connectivity index (χ1) is 8.61. The number of hydrogen-bond donors (Lipinski definition) is 1. The van der Waals surface area contributed by atoms with Gasteiger partial charge in [-0.05, 0) is 12.1 Å². The molecule has 6 heteroatoms. The Morgan fingerprint density at radius 1 is 1.61 bits per heavy atom. The van der Waals surface area contributed by atoms with Crippen LogP contribution in [-0.4, -0.2) is 41.6 Å². The Balaban J connectivity index is 2.06. The Kier molecular flexibility index (Phi) is 3.98. The van der Waals surface area contributed by atoms with Crippen molar-refractivity contribution < 1.29 is 13.9 Å². The lowest BCUT2D eigenvalue weighted by Gasteiger charge is -2.31. The van der Waals surface area contributed by atoms with Gasteiger partial charge in [0.25, 0.3) is 5.91 Å². The first kappa shape index (κ1) is 13.0. The van der Waals surface area contributed by atoms with E-state index < -0.39 is 0 Å². The minimum absolute atomic E-state index is 0.140. The van der Waals surface area contributed by atoms with Crippen LogP contribution in [0.25, 0.3) is 0 Å². The van der Waals surface area contributed by atoms with E-state index in [-0.39, 0.29) is 17.0 Å². The Morgan fingerprint density at radius 3 is 3.00 bits per heavy atom. The molecule has 1 saturated heterocycles. The van der Waals surface area contributed by atoms with Crippen LogP contribution >= 0.6 is 12.2 Å². The summed E-state index contributed by atoms with van der Waals surface area (Å²) >= 11 is 4.89. The molecule has 1 unspecified atom stereocenters. The molecular formula is C12H16N2O3S. The van der Waals surface area contributed by atoms with E-state index in [2.05, 4.69) is 0 Å². The van der Waals surface area contributed by atoms with Gasteiger partial charge in [0.05, 0.1) is 13.2 Å². The van der Waals surface area contributed by atoms with Gasteiger partial charge in [-0.1, -0.05) is 19.1 Å². The van der Waals surface area contributed by atoms with Gasteiger partial charge in [0.1, 0.15) is 16.9 Å². The Morgan fingerprint density at radius 2 is 2.39 bits per heavy atom. The maximum Gasteiger partial charge on any atom is 0.289 e. The van der Waals surface area contributed by atoms with Crippen LogP contribution in [0.15, 0.2) is 16.5 Å². The van der Waals surface area contributed by atoms with E-state index >= 15 is 0 Å². The molecule has 1 atom stereocenters. The van der Waals surface area contributed by atoms with Gasteiger partial charge in [-0.3, -0.25) is 4.79 Å². The fraction of sp³-hybridized carbons (Fsp3) is 0.500. The zero-order chi connectivity index (χ0) is 13.1. The molecule has 0 saturated carbocycles. The van der Waals surface area contributed by atoms with Crippen molar-refractivity contribution in [3.63, 3.8) is 0 Å². The second-order valence-electron chi connectivity index (χ2n) is 4.13. The number of ether oxygens (including phenoxy) is 1. The lowest BCUT2D eigenvalue weighted by atomic mass is 10.2. The lowest BCUT2D eigenvalue weighted by Crippen LogP contribution is -2.49. The smallest absolute Gasteiger partial charge is 0.289 e. The summed E-state index contributed by atoms with van der Waals surface area (Å²) in [5.41, 5.74) is 5.54. The van der Waals surface area contributed by atoms with Gasteiger partial charge >= 0.3 is 0 Å². The number of amides is 1. The van der Waals surface area contributed by atoms with Crippen LogP contribution in [-0.2, 0) is 11.2 Å². The second kappa shape index (κ2) is 5.49. The van der Waals surface area contributed by atoms with Gasteiger partial charge < -0.3 is 19.8 Å². The molecule has 1 amide bonds. The van der Waals surface area contributed by atoms with E-state index in [1.54, 1.807) is 11.0 Å². The number of nitrogens with two attached hydrogens (primary N) is 1. The maximum absolute atomic E-state index is 12.2. The van der Waals surface area contributed by atoms with Crippen molar-refractivity contribution in [2.45, 2.75) is 19.4 Å². The van der Waals surface area contributed by atoms with Crippen LogP contribution in [0.3, 0.4) is 0 Å². The van der Waals surface area contributed by atoms with Crippen LogP contribution in [0.2, 0.25) is 0 Å². The molecule has 5 nitrogen and oxygen atoms in total. The molecule has 2 rings (SSSR count). The molecule has 98 valence electrons. The van der Waals surface area contributed by atoms with Crippen LogP contribution in [0, 0.1) is 0 Å². The fourth-order valence-electron chi connectivity index (χ4n) is 1.84. The number of thiocarbonyl (C=S) groups is 1. The predicted octanol–water partition coefficient (Wildman–Crippen LogP) is 0.969. The van der Waals surface area contributed by atoms with Crippen LogP contribution in [0.1, 0.15) is 23.2 Å². The molecule has 0 radical (unpaired) electrons. The molecule has 1 aliphatic rings. The number of aryl methyl sites for hydroxylation is 1. The molecule has 0 bridgehead atoms. The number of furan rings is 1. The normalized spacial score (nSPS) is 19.8. The third-order valence-electron chi connectivity index (χ3n) is 2.89. The highest BCUT2D eigenvalue weighted by molar-refractivity contribution is 7.80.